The fourth-order valence-electron chi connectivity index (χ4n) is 5.77. The molecule has 7 nitrogen and oxygen atoms in total. The van der Waals surface area contributed by atoms with Crippen LogP contribution in [0.4, 0.5) is 4.39 Å². The van der Waals surface area contributed by atoms with E-state index in [1.807, 2.05) is 18.2 Å². The smallest absolute Gasteiger partial charge is 0.306 e. The maximum atomic E-state index is 14.3. The molecule has 4 rings (SSSR count). The van der Waals surface area contributed by atoms with Crippen molar-refractivity contribution in [3.8, 4) is 5.75 Å². The number of carbonyl (C=O) groups is 3. The first-order chi connectivity index (χ1) is 19.2. The fraction of sp³-hybridized carbons (Fsp3) is 0.516. The topological polar surface area (TPSA) is 87.2 Å². The van der Waals surface area contributed by atoms with Gasteiger partial charge in [0.15, 0.2) is 0 Å². The van der Waals surface area contributed by atoms with Crippen LogP contribution in [0, 0.1) is 17.7 Å². The Morgan fingerprint density at radius 2 is 1.82 bits per heavy atom. The monoisotopic (exact) mass is 572 g/mol. The number of nitrogens with zero attached hydrogens (tertiary/aromatic N) is 2. The minimum absolute atomic E-state index is 0.0829. The van der Waals surface area contributed by atoms with Crippen molar-refractivity contribution in [3.05, 3.63) is 63.9 Å². The summed E-state index contributed by atoms with van der Waals surface area (Å²) in [5, 5.41) is 9.49. The molecule has 40 heavy (non-hydrogen) atoms. The van der Waals surface area contributed by atoms with Crippen LogP contribution in [-0.4, -0.2) is 52.4 Å². The second-order valence-corrected chi connectivity index (χ2v) is 11.3. The van der Waals surface area contributed by atoms with Crippen molar-refractivity contribution in [2.75, 3.05) is 19.7 Å². The largest absolute Gasteiger partial charge is 0.491 e. The number of amides is 2. The van der Waals surface area contributed by atoms with Gasteiger partial charge in [0.05, 0.1) is 17.5 Å². The maximum absolute atomic E-state index is 14.3. The number of carboxylic acids is 1. The van der Waals surface area contributed by atoms with Gasteiger partial charge in [-0.05, 0) is 79.8 Å². The number of carbonyl (C=O) groups excluding carboxylic acids is 2. The van der Waals surface area contributed by atoms with E-state index < -0.39 is 11.8 Å². The predicted octanol–water partition coefficient (Wildman–Crippen LogP) is 6.02. The molecule has 9 heteroatoms. The molecule has 2 aliphatic rings. The molecule has 1 heterocycles. The summed E-state index contributed by atoms with van der Waals surface area (Å²) in [6.07, 6.45) is 4.35. The van der Waals surface area contributed by atoms with Gasteiger partial charge in [0.2, 0.25) is 11.8 Å². The number of aliphatic carboxylic acids is 1. The first-order valence-corrected chi connectivity index (χ1v) is 14.5. The van der Waals surface area contributed by atoms with Gasteiger partial charge in [-0.2, -0.15) is 0 Å². The highest BCUT2D eigenvalue weighted by atomic mass is 35.5. The minimum atomic E-state index is -0.714. The lowest BCUT2D eigenvalue weighted by molar-refractivity contribution is -0.143. The van der Waals surface area contributed by atoms with Crippen molar-refractivity contribution in [1.82, 2.24) is 9.80 Å². The molecule has 2 aromatic rings. The molecule has 1 N–H and O–H groups in total. The lowest BCUT2D eigenvalue weighted by atomic mass is 9.81. The third kappa shape index (κ3) is 7.40. The van der Waals surface area contributed by atoms with Crippen LogP contribution in [-0.2, 0) is 27.3 Å². The molecule has 216 valence electrons. The van der Waals surface area contributed by atoms with Crippen molar-refractivity contribution in [2.24, 2.45) is 11.8 Å². The summed E-state index contributed by atoms with van der Waals surface area (Å²) >= 11 is 5.94. The summed E-state index contributed by atoms with van der Waals surface area (Å²) in [4.78, 5) is 38.8. The highest BCUT2D eigenvalue weighted by Crippen LogP contribution is 2.33. The lowest BCUT2D eigenvalue weighted by Crippen LogP contribution is -2.34. The van der Waals surface area contributed by atoms with E-state index >= 15 is 0 Å². The Labute approximate surface area is 240 Å². The Hall–Kier alpha value is -2.97. The molecule has 1 atom stereocenters. The van der Waals surface area contributed by atoms with Gasteiger partial charge in [0.1, 0.15) is 18.2 Å². The molecule has 0 spiro atoms. The Kier molecular flexibility index (Phi) is 10.2. The molecule has 2 fully saturated rings. The quantitative estimate of drug-likeness (QED) is 0.313. The third-order valence-electron chi connectivity index (χ3n) is 8.28. The number of hydrogen-bond acceptors (Lipinski definition) is 5. The SMILES string of the molecule is CCc1cc(CN(C[C@H]2CC[C@H](C(=O)O)CC2)C(C)c2ccc(Cl)c(F)c2)ccc1OCCN1C(=O)CCC1=O. The molecule has 0 bridgehead atoms. The minimum Gasteiger partial charge on any atom is -0.491 e. The van der Waals surface area contributed by atoms with Crippen molar-refractivity contribution in [2.45, 2.75) is 71.4 Å². The fourth-order valence-corrected chi connectivity index (χ4v) is 5.89. The molecule has 1 unspecified atom stereocenters. The number of likely N-dealkylation sites (tertiary alicyclic amines) is 1. The van der Waals surface area contributed by atoms with Gasteiger partial charge in [-0.3, -0.25) is 24.2 Å². The van der Waals surface area contributed by atoms with Crippen LogP contribution >= 0.6 is 11.6 Å². The zero-order valence-electron chi connectivity index (χ0n) is 23.2. The summed E-state index contributed by atoms with van der Waals surface area (Å²) in [7, 11) is 0. The number of halogens is 2. The number of hydrogen-bond donors (Lipinski definition) is 1. The van der Waals surface area contributed by atoms with Crippen LogP contribution in [0.3, 0.4) is 0 Å². The van der Waals surface area contributed by atoms with E-state index in [0.29, 0.717) is 25.3 Å². The summed E-state index contributed by atoms with van der Waals surface area (Å²) in [6, 6.07) is 10.9. The number of imide groups is 1. The van der Waals surface area contributed by atoms with Gasteiger partial charge >= 0.3 is 5.97 Å². The summed E-state index contributed by atoms with van der Waals surface area (Å²) in [5.41, 5.74) is 2.96. The summed E-state index contributed by atoms with van der Waals surface area (Å²) in [5.74, 6) is -0.629. The second kappa shape index (κ2) is 13.6. The van der Waals surface area contributed by atoms with Crippen molar-refractivity contribution < 1.29 is 28.6 Å². The zero-order valence-corrected chi connectivity index (χ0v) is 24.0. The molecular weight excluding hydrogens is 535 g/mol. The number of carboxylic acid groups (broad SMARTS) is 1. The number of aryl methyl sites for hydroxylation is 1. The zero-order chi connectivity index (χ0) is 28.8. The average molecular weight is 573 g/mol. The number of benzene rings is 2. The Balaban J connectivity index is 1.47. The van der Waals surface area contributed by atoms with E-state index in [9.17, 15) is 23.9 Å². The average Bonchev–Trinajstić information content (AvgIpc) is 3.27. The maximum Gasteiger partial charge on any atom is 0.306 e. The summed E-state index contributed by atoms with van der Waals surface area (Å²) in [6.45, 7) is 6.01. The Morgan fingerprint density at radius 3 is 2.45 bits per heavy atom. The normalized spacial score (nSPS) is 20.3. The van der Waals surface area contributed by atoms with E-state index in [1.54, 1.807) is 6.07 Å². The van der Waals surface area contributed by atoms with E-state index in [-0.39, 0.29) is 54.8 Å². The standard InChI is InChI=1S/C31H38ClFN2O5/c1-3-23-16-22(6-11-28(23)40-15-14-35-29(36)12-13-30(35)37)19-34(18-21-4-7-24(8-5-21)31(38)39)20(2)25-9-10-26(32)27(33)17-25/h6,9-11,16-17,20-21,24H,3-5,7-8,12-15,18-19H2,1-2H3,(H,38,39)/t20?,21-,24-. The predicted molar refractivity (Wildman–Crippen MR) is 151 cm³/mol. The van der Waals surface area contributed by atoms with E-state index in [1.165, 1.54) is 11.0 Å². The molecule has 0 radical (unpaired) electrons. The second-order valence-electron chi connectivity index (χ2n) is 10.9. The van der Waals surface area contributed by atoms with Gasteiger partial charge in [0.25, 0.3) is 0 Å². The lowest BCUT2D eigenvalue weighted by Gasteiger charge is -2.35. The Bertz CT molecular complexity index is 1210. The van der Waals surface area contributed by atoms with E-state index in [2.05, 4.69) is 24.8 Å². The van der Waals surface area contributed by atoms with Gasteiger partial charge in [-0.25, -0.2) is 4.39 Å². The third-order valence-corrected chi connectivity index (χ3v) is 8.59. The van der Waals surface area contributed by atoms with Crippen molar-refractivity contribution in [3.63, 3.8) is 0 Å². The van der Waals surface area contributed by atoms with E-state index in [4.69, 9.17) is 16.3 Å². The van der Waals surface area contributed by atoms with E-state index in [0.717, 1.165) is 48.2 Å². The molecule has 0 aromatic heterocycles. The first-order valence-electron chi connectivity index (χ1n) is 14.2. The molecule has 1 saturated heterocycles. The number of ether oxygens (including phenoxy) is 1. The van der Waals surface area contributed by atoms with Crippen molar-refractivity contribution in [1.29, 1.82) is 0 Å². The summed E-state index contributed by atoms with van der Waals surface area (Å²) < 4.78 is 20.3. The first kappa shape index (κ1) is 30.0. The molecular formula is C31H38ClFN2O5. The molecule has 2 amide bonds. The van der Waals surface area contributed by atoms with Crippen LogP contribution in [0.1, 0.15) is 75.1 Å². The van der Waals surface area contributed by atoms with Crippen LogP contribution < -0.4 is 4.74 Å². The van der Waals surface area contributed by atoms with Gasteiger partial charge in [-0.15, -0.1) is 0 Å². The molecule has 1 aliphatic heterocycles. The van der Waals surface area contributed by atoms with Crippen LogP contribution in [0.5, 0.6) is 5.75 Å². The van der Waals surface area contributed by atoms with Crippen molar-refractivity contribution >= 4 is 29.4 Å². The molecule has 2 aromatic carbocycles. The van der Waals surface area contributed by atoms with Gasteiger partial charge < -0.3 is 9.84 Å². The highest BCUT2D eigenvalue weighted by Gasteiger charge is 2.30. The molecule has 1 saturated carbocycles. The highest BCUT2D eigenvalue weighted by molar-refractivity contribution is 6.30. The van der Waals surface area contributed by atoms with Crippen LogP contribution in [0.15, 0.2) is 36.4 Å². The Morgan fingerprint density at radius 1 is 1.12 bits per heavy atom. The number of rotatable bonds is 12. The van der Waals surface area contributed by atoms with Gasteiger partial charge in [-0.1, -0.05) is 36.7 Å². The molecule has 1 aliphatic carbocycles. The van der Waals surface area contributed by atoms with Crippen LogP contribution in [0.2, 0.25) is 5.02 Å². The van der Waals surface area contributed by atoms with Crippen LogP contribution in [0.25, 0.3) is 0 Å². The van der Waals surface area contributed by atoms with Gasteiger partial charge in [0, 0.05) is 32.0 Å².